The molecule has 0 radical (unpaired) electrons. The van der Waals surface area contributed by atoms with E-state index in [9.17, 15) is 4.39 Å². The Balaban J connectivity index is 1.30. The molecular weight excluding hydrogens is 379 g/mol. The molecule has 0 saturated carbocycles. The van der Waals surface area contributed by atoms with Gasteiger partial charge in [0.05, 0.1) is 11.0 Å². The molecule has 0 unspecified atom stereocenters. The second-order valence-electron chi connectivity index (χ2n) is 8.22. The summed E-state index contributed by atoms with van der Waals surface area (Å²) in [6, 6.07) is 7.12. The second kappa shape index (κ2) is 9.53. The number of anilines is 1. The van der Waals surface area contributed by atoms with Crippen LogP contribution in [0.15, 0.2) is 30.5 Å². The van der Waals surface area contributed by atoms with Gasteiger partial charge >= 0.3 is 0 Å². The van der Waals surface area contributed by atoms with Crippen LogP contribution < -0.4 is 5.32 Å². The van der Waals surface area contributed by atoms with E-state index >= 15 is 0 Å². The van der Waals surface area contributed by atoms with Gasteiger partial charge in [0.25, 0.3) is 0 Å². The van der Waals surface area contributed by atoms with Gasteiger partial charge in [0, 0.05) is 37.0 Å². The zero-order valence-electron chi connectivity index (χ0n) is 17.9. The van der Waals surface area contributed by atoms with Crippen molar-refractivity contribution in [3.05, 3.63) is 41.8 Å². The first kappa shape index (κ1) is 20.8. The summed E-state index contributed by atoms with van der Waals surface area (Å²) in [5.41, 5.74) is 3.03. The van der Waals surface area contributed by atoms with Gasteiger partial charge in [-0.05, 0) is 77.1 Å². The van der Waals surface area contributed by atoms with E-state index in [-0.39, 0.29) is 5.82 Å². The van der Waals surface area contributed by atoms with E-state index in [2.05, 4.69) is 37.1 Å². The van der Waals surface area contributed by atoms with Gasteiger partial charge in [0.1, 0.15) is 17.5 Å². The number of imidazole rings is 1. The Morgan fingerprint density at radius 3 is 2.93 bits per heavy atom. The molecule has 0 atom stereocenters. The van der Waals surface area contributed by atoms with Crippen molar-refractivity contribution in [3.63, 3.8) is 0 Å². The maximum absolute atomic E-state index is 13.8. The molecule has 1 aromatic carbocycles. The number of hydrogen-bond acceptors (Lipinski definition) is 5. The molecule has 1 saturated heterocycles. The van der Waals surface area contributed by atoms with E-state index in [1.165, 1.54) is 45.1 Å². The lowest BCUT2D eigenvalue weighted by Gasteiger charge is -2.19. The third kappa shape index (κ3) is 4.96. The molecule has 7 heteroatoms. The van der Waals surface area contributed by atoms with Gasteiger partial charge in [-0.2, -0.15) is 0 Å². The van der Waals surface area contributed by atoms with E-state index in [0.717, 1.165) is 42.2 Å². The minimum absolute atomic E-state index is 0.232. The predicted octanol–water partition coefficient (Wildman–Crippen LogP) is 3.90. The van der Waals surface area contributed by atoms with Crippen molar-refractivity contribution < 1.29 is 4.39 Å². The Hall–Kier alpha value is -2.51. The molecule has 2 N–H and O–H groups in total. The molecule has 2 aromatic heterocycles. The summed E-state index contributed by atoms with van der Waals surface area (Å²) in [6.45, 7) is 8.58. The highest BCUT2D eigenvalue weighted by Crippen LogP contribution is 2.25. The zero-order chi connectivity index (χ0) is 20.9. The van der Waals surface area contributed by atoms with Gasteiger partial charge < -0.3 is 20.1 Å². The Kier molecular flexibility index (Phi) is 6.59. The summed E-state index contributed by atoms with van der Waals surface area (Å²) in [7, 11) is 2.21. The second-order valence-corrected chi connectivity index (χ2v) is 8.22. The van der Waals surface area contributed by atoms with Crippen LogP contribution in [0.5, 0.6) is 0 Å². The molecule has 0 amide bonds. The number of nitrogens with one attached hydrogen (secondary N) is 2. The molecule has 160 valence electrons. The molecule has 1 aliphatic heterocycles. The van der Waals surface area contributed by atoms with Crippen LogP contribution in [0.25, 0.3) is 22.4 Å². The number of fused-ring (bicyclic) bond motifs is 1. The lowest BCUT2D eigenvalue weighted by atomic mass is 10.2. The van der Waals surface area contributed by atoms with Crippen molar-refractivity contribution >= 4 is 16.9 Å². The van der Waals surface area contributed by atoms with E-state index in [0.29, 0.717) is 11.1 Å². The highest BCUT2D eigenvalue weighted by atomic mass is 19.1. The molecule has 3 aromatic rings. The average molecular weight is 411 g/mol. The Bertz CT molecular complexity index is 985. The number of rotatable bonds is 7. The van der Waals surface area contributed by atoms with Gasteiger partial charge in [-0.3, -0.25) is 0 Å². The molecule has 0 bridgehead atoms. The maximum atomic E-state index is 13.8. The van der Waals surface area contributed by atoms with Gasteiger partial charge in [-0.1, -0.05) is 0 Å². The molecule has 30 heavy (non-hydrogen) atoms. The first-order valence-electron chi connectivity index (χ1n) is 10.9. The number of aromatic nitrogens is 3. The summed E-state index contributed by atoms with van der Waals surface area (Å²) in [6.07, 6.45) is 5.34. The zero-order valence-corrected chi connectivity index (χ0v) is 17.9. The smallest absolute Gasteiger partial charge is 0.138 e. The molecule has 0 aliphatic carbocycles. The molecule has 4 rings (SSSR count). The number of aryl methyl sites for hydroxylation is 1. The fourth-order valence-corrected chi connectivity index (χ4v) is 4.00. The van der Waals surface area contributed by atoms with Gasteiger partial charge in [0.15, 0.2) is 0 Å². The lowest BCUT2D eigenvalue weighted by molar-refractivity contribution is 0.272. The summed E-state index contributed by atoms with van der Waals surface area (Å²) in [5, 5.41) is 3.43. The van der Waals surface area contributed by atoms with Gasteiger partial charge in [-0.25, -0.2) is 14.4 Å². The summed E-state index contributed by atoms with van der Waals surface area (Å²) >= 11 is 0. The number of halogens is 1. The van der Waals surface area contributed by atoms with E-state index in [1.54, 1.807) is 19.2 Å². The van der Waals surface area contributed by atoms with E-state index in [1.807, 2.05) is 12.1 Å². The normalized spacial score (nSPS) is 16.1. The number of nitrogens with zero attached hydrogens (tertiary/aromatic N) is 4. The average Bonchev–Trinajstić information content (AvgIpc) is 3.09. The minimum atomic E-state index is -0.232. The monoisotopic (exact) mass is 410 g/mol. The largest absolute Gasteiger partial charge is 0.370 e. The summed E-state index contributed by atoms with van der Waals surface area (Å²) < 4.78 is 13.8. The quantitative estimate of drug-likeness (QED) is 0.579. The summed E-state index contributed by atoms with van der Waals surface area (Å²) in [4.78, 5) is 17.3. The van der Waals surface area contributed by atoms with Crippen molar-refractivity contribution in [2.45, 2.75) is 26.2 Å². The fourth-order valence-electron chi connectivity index (χ4n) is 4.00. The number of hydrogen-bond donors (Lipinski definition) is 2. The summed E-state index contributed by atoms with van der Waals surface area (Å²) in [5.74, 6) is 1.34. The van der Waals surface area contributed by atoms with Crippen LogP contribution in [-0.4, -0.2) is 71.1 Å². The van der Waals surface area contributed by atoms with E-state index < -0.39 is 0 Å². The molecule has 1 aliphatic rings. The Labute approximate surface area is 177 Å². The number of H-pyrrole nitrogens is 1. The van der Waals surface area contributed by atoms with Crippen LogP contribution in [0.4, 0.5) is 10.2 Å². The van der Waals surface area contributed by atoms with Crippen molar-refractivity contribution in [2.75, 3.05) is 51.6 Å². The number of pyridine rings is 1. The van der Waals surface area contributed by atoms with Crippen LogP contribution in [-0.2, 0) is 0 Å². The minimum Gasteiger partial charge on any atom is -0.370 e. The number of benzene rings is 1. The van der Waals surface area contributed by atoms with Crippen LogP contribution in [0.2, 0.25) is 0 Å². The van der Waals surface area contributed by atoms with Crippen molar-refractivity contribution in [3.8, 4) is 11.4 Å². The molecule has 1 fully saturated rings. The molecule has 6 nitrogen and oxygen atoms in total. The van der Waals surface area contributed by atoms with Crippen LogP contribution in [0.3, 0.4) is 0 Å². The van der Waals surface area contributed by atoms with Crippen LogP contribution >= 0.6 is 0 Å². The SMILES string of the molecule is Cc1c(F)ccc2[nH]c(-c3ccnc(NCCCCN4CCCN(C)CC4)c3)nc12. The Morgan fingerprint density at radius 1 is 1.13 bits per heavy atom. The first-order chi connectivity index (χ1) is 14.6. The third-order valence-corrected chi connectivity index (χ3v) is 5.89. The standard InChI is InChI=1S/C23H31FN6/c1-17-19(24)6-7-20-22(17)28-23(27-20)18-8-10-26-21(16-18)25-9-3-4-12-30-13-5-11-29(2)14-15-30/h6-8,10,16H,3-5,9,11-15H2,1-2H3,(H,25,26)(H,27,28). The Morgan fingerprint density at radius 2 is 2.03 bits per heavy atom. The van der Waals surface area contributed by atoms with Crippen LogP contribution in [0.1, 0.15) is 24.8 Å². The number of unbranched alkanes of at least 4 members (excludes halogenated alkanes) is 1. The number of likely N-dealkylation sites (N-methyl/N-ethyl adjacent to an activating group) is 1. The van der Waals surface area contributed by atoms with E-state index in [4.69, 9.17) is 0 Å². The van der Waals surface area contributed by atoms with Gasteiger partial charge in [0.2, 0.25) is 0 Å². The molecule has 3 heterocycles. The predicted molar refractivity (Wildman–Crippen MR) is 120 cm³/mol. The highest BCUT2D eigenvalue weighted by molar-refractivity contribution is 5.82. The molecule has 0 spiro atoms. The third-order valence-electron chi connectivity index (χ3n) is 5.89. The number of aromatic amines is 1. The lowest BCUT2D eigenvalue weighted by Crippen LogP contribution is -2.29. The van der Waals surface area contributed by atoms with Crippen molar-refractivity contribution in [1.29, 1.82) is 0 Å². The maximum Gasteiger partial charge on any atom is 0.138 e. The van der Waals surface area contributed by atoms with Gasteiger partial charge in [-0.15, -0.1) is 0 Å². The fraction of sp³-hybridized carbons (Fsp3) is 0.478. The molecular formula is C23H31FN6. The van der Waals surface area contributed by atoms with Crippen molar-refractivity contribution in [1.82, 2.24) is 24.8 Å². The highest BCUT2D eigenvalue weighted by Gasteiger charge is 2.12. The topological polar surface area (TPSA) is 60.1 Å². The first-order valence-corrected chi connectivity index (χ1v) is 10.9. The van der Waals surface area contributed by atoms with Crippen LogP contribution in [0, 0.1) is 12.7 Å². The van der Waals surface area contributed by atoms with Crippen molar-refractivity contribution in [2.24, 2.45) is 0 Å².